The van der Waals surface area contributed by atoms with Crippen molar-refractivity contribution in [1.82, 2.24) is 14.8 Å². The lowest BCUT2D eigenvalue weighted by Crippen LogP contribution is -2.15. The highest BCUT2D eigenvalue weighted by molar-refractivity contribution is 7.91. The van der Waals surface area contributed by atoms with Crippen molar-refractivity contribution in [2.24, 2.45) is 0 Å². The molecule has 0 radical (unpaired) electrons. The first-order chi connectivity index (χ1) is 8.57. The lowest BCUT2D eigenvalue weighted by molar-refractivity contribution is 0.185. The molecule has 1 atom stereocenters. The molecule has 6 nitrogen and oxygen atoms in total. The normalized spacial score (nSPS) is 22.4. The van der Waals surface area contributed by atoms with Crippen molar-refractivity contribution >= 4 is 21.4 Å². The topological polar surface area (TPSA) is 74.1 Å². The van der Waals surface area contributed by atoms with Crippen LogP contribution in [0.15, 0.2) is 0 Å². The summed E-state index contributed by atoms with van der Waals surface area (Å²) in [5.74, 6) is 1.94. The van der Waals surface area contributed by atoms with Crippen molar-refractivity contribution in [3.05, 3.63) is 11.6 Å². The molecule has 1 aromatic heterocycles. The highest BCUT2D eigenvalue weighted by atomic mass is 35.5. The molecule has 8 heteroatoms. The Morgan fingerprint density at radius 2 is 2.28 bits per heavy atom. The van der Waals surface area contributed by atoms with E-state index in [9.17, 15) is 8.42 Å². The van der Waals surface area contributed by atoms with Gasteiger partial charge in [0.25, 0.3) is 0 Å². The Bertz CT molecular complexity index is 514. The number of sulfone groups is 1. The summed E-state index contributed by atoms with van der Waals surface area (Å²) in [7, 11) is -1.31. The van der Waals surface area contributed by atoms with Crippen LogP contribution in [0, 0.1) is 0 Å². The van der Waals surface area contributed by atoms with E-state index in [1.165, 1.54) is 0 Å². The van der Waals surface area contributed by atoms with Gasteiger partial charge in [-0.05, 0) is 6.42 Å². The molecule has 102 valence electrons. The first-order valence-electron chi connectivity index (χ1n) is 5.74. The molecule has 2 heterocycles. The van der Waals surface area contributed by atoms with E-state index in [0.717, 1.165) is 0 Å². The van der Waals surface area contributed by atoms with Gasteiger partial charge in [-0.15, -0.1) is 21.8 Å². The fourth-order valence-corrected chi connectivity index (χ4v) is 4.11. The summed E-state index contributed by atoms with van der Waals surface area (Å²) in [5.41, 5.74) is 0. The van der Waals surface area contributed by atoms with Gasteiger partial charge in [-0.2, -0.15) is 0 Å². The Balaban J connectivity index is 2.24. The van der Waals surface area contributed by atoms with Crippen LogP contribution in [0.25, 0.3) is 0 Å². The summed E-state index contributed by atoms with van der Waals surface area (Å²) in [6.07, 6.45) is 0.607. The average Bonchev–Trinajstić information content (AvgIpc) is 2.89. The van der Waals surface area contributed by atoms with Crippen molar-refractivity contribution in [2.45, 2.75) is 24.8 Å². The summed E-state index contributed by atoms with van der Waals surface area (Å²) >= 11 is 5.80. The van der Waals surface area contributed by atoms with Gasteiger partial charge in [0.15, 0.2) is 9.84 Å². The second-order valence-corrected chi connectivity index (χ2v) is 6.85. The van der Waals surface area contributed by atoms with Crippen LogP contribution in [0.5, 0.6) is 0 Å². The third-order valence-corrected chi connectivity index (χ3v) is 5.10. The first kappa shape index (κ1) is 13.8. The molecule has 1 aliphatic heterocycles. The molecular weight excluding hydrogens is 278 g/mol. The Hall–Kier alpha value is -0.660. The minimum atomic E-state index is -2.92. The van der Waals surface area contributed by atoms with E-state index in [4.69, 9.17) is 16.3 Å². The molecule has 0 bridgehead atoms. The highest BCUT2D eigenvalue weighted by Crippen LogP contribution is 2.28. The van der Waals surface area contributed by atoms with Crippen LogP contribution in [-0.2, 0) is 27.0 Å². The van der Waals surface area contributed by atoms with Crippen molar-refractivity contribution in [3.8, 4) is 0 Å². The number of halogens is 1. The molecule has 0 aliphatic carbocycles. The summed E-state index contributed by atoms with van der Waals surface area (Å²) in [5, 5.41) is 8.11. The number of aromatic nitrogens is 3. The lowest BCUT2D eigenvalue weighted by Gasteiger charge is -2.11. The molecule has 1 fully saturated rings. The molecule has 0 aromatic carbocycles. The van der Waals surface area contributed by atoms with E-state index in [1.807, 2.05) is 4.57 Å². The number of hydrogen-bond donors (Lipinski definition) is 0. The van der Waals surface area contributed by atoms with Crippen molar-refractivity contribution in [2.75, 3.05) is 25.2 Å². The van der Waals surface area contributed by atoms with Crippen molar-refractivity contribution in [3.63, 3.8) is 0 Å². The number of ether oxygens (including phenoxy) is 1. The number of nitrogens with zero attached hydrogens (tertiary/aromatic N) is 3. The summed E-state index contributed by atoms with van der Waals surface area (Å²) in [6.45, 7) is 1.12. The summed E-state index contributed by atoms with van der Waals surface area (Å²) < 4.78 is 29.9. The number of rotatable bonds is 5. The zero-order valence-corrected chi connectivity index (χ0v) is 11.7. The van der Waals surface area contributed by atoms with E-state index in [-0.39, 0.29) is 23.3 Å². The third kappa shape index (κ3) is 2.84. The SMILES string of the molecule is COCCn1c(CCl)nnc1C1CCS(=O)(=O)C1. The minimum absolute atomic E-state index is 0.0728. The van der Waals surface area contributed by atoms with Gasteiger partial charge in [-0.25, -0.2) is 8.42 Å². The molecule has 18 heavy (non-hydrogen) atoms. The maximum Gasteiger partial charge on any atom is 0.151 e. The van der Waals surface area contributed by atoms with Gasteiger partial charge in [0.2, 0.25) is 0 Å². The van der Waals surface area contributed by atoms with Crippen LogP contribution < -0.4 is 0 Å². The fourth-order valence-electron chi connectivity index (χ4n) is 2.17. The number of alkyl halides is 1. The first-order valence-corrected chi connectivity index (χ1v) is 8.10. The molecule has 1 unspecified atom stereocenters. The molecule has 1 aromatic rings. The van der Waals surface area contributed by atoms with Gasteiger partial charge in [-0.3, -0.25) is 0 Å². The minimum Gasteiger partial charge on any atom is -0.383 e. The van der Waals surface area contributed by atoms with Crippen molar-refractivity contribution in [1.29, 1.82) is 0 Å². The van der Waals surface area contributed by atoms with Crippen LogP contribution in [0.1, 0.15) is 24.0 Å². The standard InChI is InChI=1S/C10H16ClN3O3S/c1-17-4-3-14-9(6-11)12-13-10(14)8-2-5-18(15,16)7-8/h8H,2-7H2,1H3. The van der Waals surface area contributed by atoms with Crippen molar-refractivity contribution < 1.29 is 13.2 Å². The molecule has 2 rings (SSSR count). The van der Waals surface area contributed by atoms with E-state index in [0.29, 0.717) is 31.2 Å². The van der Waals surface area contributed by atoms with Gasteiger partial charge in [0, 0.05) is 19.6 Å². The van der Waals surface area contributed by atoms with E-state index >= 15 is 0 Å². The summed E-state index contributed by atoms with van der Waals surface area (Å²) in [6, 6.07) is 0. The zero-order valence-electron chi connectivity index (χ0n) is 10.2. The van der Waals surface area contributed by atoms with Gasteiger partial charge < -0.3 is 9.30 Å². The average molecular weight is 294 g/mol. The molecule has 0 saturated carbocycles. The monoisotopic (exact) mass is 293 g/mol. The molecule has 1 saturated heterocycles. The zero-order chi connectivity index (χ0) is 13.2. The van der Waals surface area contributed by atoms with E-state index in [2.05, 4.69) is 10.2 Å². The Labute approximate surface area is 111 Å². The number of methoxy groups -OCH3 is 1. The van der Waals surface area contributed by atoms with E-state index < -0.39 is 9.84 Å². The molecule has 1 aliphatic rings. The molecule has 0 amide bonds. The van der Waals surface area contributed by atoms with Gasteiger partial charge in [0.05, 0.1) is 24.0 Å². The lowest BCUT2D eigenvalue weighted by atomic mass is 10.1. The predicted molar refractivity (Wildman–Crippen MR) is 67.5 cm³/mol. The fraction of sp³-hybridized carbons (Fsp3) is 0.800. The summed E-state index contributed by atoms with van der Waals surface area (Å²) in [4.78, 5) is 0. The quantitative estimate of drug-likeness (QED) is 0.742. The largest absolute Gasteiger partial charge is 0.383 e. The second kappa shape index (κ2) is 5.54. The molecule has 0 N–H and O–H groups in total. The van der Waals surface area contributed by atoms with Crippen LogP contribution >= 0.6 is 11.6 Å². The molecular formula is C10H16ClN3O3S. The highest BCUT2D eigenvalue weighted by Gasteiger charge is 2.32. The van der Waals surface area contributed by atoms with Crippen LogP contribution in [-0.4, -0.2) is 48.4 Å². The van der Waals surface area contributed by atoms with Gasteiger partial charge in [-0.1, -0.05) is 0 Å². The van der Waals surface area contributed by atoms with Gasteiger partial charge in [0.1, 0.15) is 11.6 Å². The Morgan fingerprint density at radius 3 is 2.83 bits per heavy atom. The van der Waals surface area contributed by atoms with Crippen LogP contribution in [0.2, 0.25) is 0 Å². The van der Waals surface area contributed by atoms with Crippen LogP contribution in [0.4, 0.5) is 0 Å². The second-order valence-electron chi connectivity index (χ2n) is 4.35. The predicted octanol–water partition coefficient (Wildman–Crippen LogP) is 0.565. The van der Waals surface area contributed by atoms with Gasteiger partial charge >= 0.3 is 0 Å². The molecule has 0 spiro atoms. The van der Waals surface area contributed by atoms with Crippen LogP contribution in [0.3, 0.4) is 0 Å². The maximum absolute atomic E-state index is 11.5. The number of hydrogen-bond acceptors (Lipinski definition) is 5. The Kier molecular flexibility index (Phi) is 4.24. The Morgan fingerprint density at radius 1 is 1.50 bits per heavy atom. The van der Waals surface area contributed by atoms with E-state index in [1.54, 1.807) is 7.11 Å². The maximum atomic E-state index is 11.5. The third-order valence-electron chi connectivity index (χ3n) is 3.09. The smallest absolute Gasteiger partial charge is 0.151 e.